The molecule has 2 heterocycles. The molecule has 4 rings (SSSR count). The molecular formula is C23H34N4O6S. The summed E-state index contributed by atoms with van der Waals surface area (Å²) in [6.45, 7) is 2.08. The zero-order valence-corrected chi connectivity index (χ0v) is 20.5. The van der Waals surface area contributed by atoms with Gasteiger partial charge < -0.3 is 19.7 Å². The summed E-state index contributed by atoms with van der Waals surface area (Å²) in [5, 5.41) is 2.89. The first kappa shape index (κ1) is 24.9. The fourth-order valence-electron chi connectivity index (χ4n) is 4.73. The average Bonchev–Trinajstić information content (AvgIpc) is 2.86. The van der Waals surface area contributed by atoms with Gasteiger partial charge in [0.15, 0.2) is 6.61 Å². The molecule has 0 bridgehead atoms. The van der Waals surface area contributed by atoms with Gasteiger partial charge in [-0.2, -0.15) is 4.31 Å². The van der Waals surface area contributed by atoms with Crippen molar-refractivity contribution in [3.05, 3.63) is 18.2 Å². The molecule has 2 amide bonds. The summed E-state index contributed by atoms with van der Waals surface area (Å²) in [6, 6.07) is 4.99. The summed E-state index contributed by atoms with van der Waals surface area (Å²) >= 11 is 0. The highest BCUT2D eigenvalue weighted by Crippen LogP contribution is 2.35. The largest absolute Gasteiger partial charge is 0.482 e. The van der Waals surface area contributed by atoms with Gasteiger partial charge in [0, 0.05) is 32.2 Å². The van der Waals surface area contributed by atoms with Crippen LogP contribution in [0.4, 0.5) is 5.69 Å². The van der Waals surface area contributed by atoms with E-state index in [9.17, 15) is 18.0 Å². The van der Waals surface area contributed by atoms with E-state index in [1.807, 2.05) is 0 Å². The summed E-state index contributed by atoms with van der Waals surface area (Å²) in [5.41, 5.74) is 0.292. The molecule has 11 heteroatoms. The molecule has 3 aliphatic rings. The Hall–Kier alpha value is -2.21. The Morgan fingerprint density at radius 3 is 2.65 bits per heavy atom. The van der Waals surface area contributed by atoms with Gasteiger partial charge in [0.2, 0.25) is 15.9 Å². The van der Waals surface area contributed by atoms with Gasteiger partial charge >= 0.3 is 0 Å². The molecule has 2 fully saturated rings. The van der Waals surface area contributed by atoms with Crippen molar-refractivity contribution >= 4 is 27.5 Å². The Bertz CT molecular complexity index is 989. The van der Waals surface area contributed by atoms with E-state index < -0.39 is 10.0 Å². The number of sulfonamides is 1. The second-order valence-corrected chi connectivity index (χ2v) is 11.0. The number of amides is 2. The third-order valence-corrected chi connectivity index (χ3v) is 8.66. The van der Waals surface area contributed by atoms with Crippen LogP contribution >= 0.6 is 0 Å². The Morgan fingerprint density at radius 1 is 1.18 bits per heavy atom. The van der Waals surface area contributed by atoms with E-state index >= 15 is 0 Å². The van der Waals surface area contributed by atoms with Gasteiger partial charge in [0.05, 0.1) is 23.8 Å². The predicted octanol–water partition coefficient (Wildman–Crippen LogP) is 0.814. The number of carbonyl (C=O) groups is 2. The summed E-state index contributed by atoms with van der Waals surface area (Å²) < 4.78 is 38.2. The lowest BCUT2D eigenvalue weighted by Crippen LogP contribution is -2.47. The minimum atomic E-state index is -3.75. The molecule has 10 nitrogen and oxygen atoms in total. The van der Waals surface area contributed by atoms with Crippen molar-refractivity contribution in [1.29, 1.82) is 0 Å². The number of hydrogen-bond acceptors (Lipinski definition) is 7. The molecule has 1 N–H and O–H groups in total. The maximum absolute atomic E-state index is 13.1. The summed E-state index contributed by atoms with van der Waals surface area (Å²) in [6.07, 6.45) is 6.19. The predicted molar refractivity (Wildman–Crippen MR) is 126 cm³/mol. The highest BCUT2D eigenvalue weighted by Gasteiger charge is 2.32. The normalized spacial score (nSPS) is 20.2. The Labute approximate surface area is 201 Å². The Morgan fingerprint density at radius 2 is 1.91 bits per heavy atom. The second kappa shape index (κ2) is 11.0. The van der Waals surface area contributed by atoms with Gasteiger partial charge in [-0.3, -0.25) is 14.5 Å². The van der Waals surface area contributed by atoms with Gasteiger partial charge in [-0.25, -0.2) is 8.42 Å². The molecule has 1 aromatic carbocycles. The van der Waals surface area contributed by atoms with Gasteiger partial charge in [0.25, 0.3) is 5.91 Å². The SMILES string of the molecule is CN(CCNC(=O)CN1C(=O)COc2ccc(S(=O)(=O)N3CCOCC3)cc21)C1CCCCC1. The molecule has 34 heavy (non-hydrogen) atoms. The third-order valence-electron chi connectivity index (χ3n) is 6.77. The number of hydrogen-bond donors (Lipinski definition) is 1. The maximum Gasteiger partial charge on any atom is 0.265 e. The third kappa shape index (κ3) is 5.70. The van der Waals surface area contributed by atoms with Crippen LogP contribution in [0.15, 0.2) is 23.1 Å². The summed E-state index contributed by atoms with van der Waals surface area (Å²) in [7, 11) is -1.66. The molecule has 0 spiro atoms. The zero-order chi connectivity index (χ0) is 24.1. The first-order valence-electron chi connectivity index (χ1n) is 12.0. The quantitative estimate of drug-likeness (QED) is 0.570. The van der Waals surface area contributed by atoms with Gasteiger partial charge in [-0.05, 0) is 38.1 Å². The highest BCUT2D eigenvalue weighted by molar-refractivity contribution is 7.89. The van der Waals surface area contributed by atoms with E-state index in [2.05, 4.69) is 17.3 Å². The molecule has 1 saturated heterocycles. The molecule has 1 aromatic rings. The zero-order valence-electron chi connectivity index (χ0n) is 19.7. The number of fused-ring (bicyclic) bond motifs is 1. The lowest BCUT2D eigenvalue weighted by Gasteiger charge is -2.32. The van der Waals surface area contributed by atoms with Crippen LogP contribution < -0.4 is 15.0 Å². The van der Waals surface area contributed by atoms with E-state index in [0.717, 1.165) is 6.54 Å². The number of nitrogens with one attached hydrogen (secondary N) is 1. The topological polar surface area (TPSA) is 108 Å². The van der Waals surface area contributed by atoms with Crippen LogP contribution in [0.25, 0.3) is 0 Å². The van der Waals surface area contributed by atoms with Crippen molar-refractivity contribution in [2.24, 2.45) is 0 Å². The van der Waals surface area contributed by atoms with Crippen LogP contribution in [-0.4, -0.2) is 95.1 Å². The number of anilines is 1. The molecule has 188 valence electrons. The van der Waals surface area contributed by atoms with Crippen molar-refractivity contribution in [2.75, 3.05) is 64.5 Å². The molecule has 1 saturated carbocycles. The molecule has 0 unspecified atom stereocenters. The molecule has 0 radical (unpaired) electrons. The van der Waals surface area contributed by atoms with E-state index in [4.69, 9.17) is 9.47 Å². The van der Waals surface area contributed by atoms with Crippen LogP contribution in [0.5, 0.6) is 5.75 Å². The number of likely N-dealkylation sites (N-methyl/N-ethyl adjacent to an activating group) is 1. The fraction of sp³-hybridized carbons (Fsp3) is 0.652. The lowest BCUT2D eigenvalue weighted by atomic mass is 9.94. The minimum absolute atomic E-state index is 0.0611. The smallest absolute Gasteiger partial charge is 0.265 e. The van der Waals surface area contributed by atoms with Crippen molar-refractivity contribution in [3.63, 3.8) is 0 Å². The molecular weight excluding hydrogens is 460 g/mol. The molecule has 0 aromatic heterocycles. The number of rotatable bonds is 8. The van der Waals surface area contributed by atoms with Crippen LogP contribution in [0, 0.1) is 0 Å². The average molecular weight is 495 g/mol. The van der Waals surface area contributed by atoms with E-state index in [1.165, 1.54) is 53.4 Å². The van der Waals surface area contributed by atoms with Crippen LogP contribution in [0.1, 0.15) is 32.1 Å². The van der Waals surface area contributed by atoms with E-state index in [1.54, 1.807) is 6.07 Å². The van der Waals surface area contributed by atoms with Crippen molar-refractivity contribution < 1.29 is 27.5 Å². The molecule has 1 aliphatic carbocycles. The van der Waals surface area contributed by atoms with Crippen LogP contribution in [-0.2, 0) is 24.3 Å². The molecule has 0 atom stereocenters. The number of nitrogens with zero attached hydrogens (tertiary/aromatic N) is 3. The number of benzene rings is 1. The van der Waals surface area contributed by atoms with Gasteiger partial charge in [-0.15, -0.1) is 0 Å². The monoisotopic (exact) mass is 494 g/mol. The van der Waals surface area contributed by atoms with Gasteiger partial charge in [-0.1, -0.05) is 19.3 Å². The van der Waals surface area contributed by atoms with E-state index in [-0.39, 0.29) is 43.0 Å². The summed E-state index contributed by atoms with van der Waals surface area (Å²) in [5.74, 6) is -0.298. The maximum atomic E-state index is 13.1. The Kier molecular flexibility index (Phi) is 8.07. The van der Waals surface area contributed by atoms with Crippen molar-refractivity contribution in [3.8, 4) is 5.75 Å². The van der Waals surface area contributed by atoms with E-state index in [0.29, 0.717) is 37.2 Å². The van der Waals surface area contributed by atoms with Gasteiger partial charge in [0.1, 0.15) is 12.3 Å². The Balaban J connectivity index is 1.40. The first-order chi connectivity index (χ1) is 16.4. The fourth-order valence-corrected chi connectivity index (χ4v) is 6.16. The van der Waals surface area contributed by atoms with Crippen molar-refractivity contribution in [2.45, 2.75) is 43.0 Å². The minimum Gasteiger partial charge on any atom is -0.482 e. The first-order valence-corrected chi connectivity index (χ1v) is 13.4. The summed E-state index contributed by atoms with van der Waals surface area (Å²) in [4.78, 5) is 28.9. The van der Waals surface area contributed by atoms with Crippen molar-refractivity contribution in [1.82, 2.24) is 14.5 Å². The second-order valence-electron chi connectivity index (χ2n) is 9.04. The number of morpholine rings is 1. The number of ether oxygens (including phenoxy) is 2. The highest BCUT2D eigenvalue weighted by atomic mass is 32.2. The molecule has 2 aliphatic heterocycles. The number of carbonyl (C=O) groups excluding carboxylic acids is 2. The van der Waals surface area contributed by atoms with Crippen LogP contribution in [0.2, 0.25) is 0 Å². The lowest BCUT2D eigenvalue weighted by molar-refractivity contribution is -0.125. The van der Waals surface area contributed by atoms with Crippen LogP contribution in [0.3, 0.4) is 0 Å². The standard InChI is InChI=1S/C23H34N4O6S/c1-25(18-5-3-2-4-6-18)10-9-24-22(28)16-27-20-15-19(7-8-21(20)33-17-23(27)29)34(30,31)26-11-13-32-14-12-26/h7-8,15,18H,2-6,9-14,16-17H2,1H3,(H,24,28).